The van der Waals surface area contributed by atoms with Gasteiger partial charge in [0.15, 0.2) is 5.96 Å². The van der Waals surface area contributed by atoms with E-state index in [1.165, 1.54) is 0 Å². The zero-order valence-electron chi connectivity index (χ0n) is 16.0. The van der Waals surface area contributed by atoms with Crippen LogP contribution in [0.1, 0.15) is 30.7 Å². The SMILES string of the molecule is CCNC(=NCc1nc(C)c(C)o1)Nc1cccc(OCCCOC)c1. The van der Waals surface area contributed by atoms with Crippen LogP contribution in [0, 0.1) is 13.8 Å². The Kier molecular flexibility index (Phi) is 7.95. The summed E-state index contributed by atoms with van der Waals surface area (Å²) in [6.45, 7) is 8.28. The lowest BCUT2D eigenvalue weighted by Gasteiger charge is -2.12. The maximum absolute atomic E-state index is 5.73. The number of guanidine groups is 1. The molecule has 0 amide bonds. The fraction of sp³-hybridized carbons (Fsp3) is 0.474. The highest BCUT2D eigenvalue weighted by Gasteiger charge is 2.06. The number of hydrogen-bond donors (Lipinski definition) is 2. The number of anilines is 1. The lowest BCUT2D eigenvalue weighted by Crippen LogP contribution is -2.30. The largest absolute Gasteiger partial charge is 0.493 e. The average Bonchev–Trinajstić information content (AvgIpc) is 2.95. The standard InChI is InChI=1S/C19H28N4O3/c1-5-20-19(21-13-18-22-14(2)15(3)26-18)23-16-8-6-9-17(12-16)25-11-7-10-24-4/h6,8-9,12H,5,7,10-11,13H2,1-4H3,(H2,20,21,23). The highest BCUT2D eigenvalue weighted by Crippen LogP contribution is 2.17. The van der Waals surface area contributed by atoms with E-state index in [2.05, 4.69) is 20.6 Å². The molecule has 1 heterocycles. The first kappa shape index (κ1) is 19.8. The highest BCUT2D eigenvalue weighted by molar-refractivity contribution is 5.93. The van der Waals surface area contributed by atoms with E-state index in [9.17, 15) is 0 Å². The molecule has 0 aliphatic rings. The summed E-state index contributed by atoms with van der Waals surface area (Å²) in [5, 5.41) is 6.49. The van der Waals surface area contributed by atoms with Crippen LogP contribution >= 0.6 is 0 Å². The molecule has 26 heavy (non-hydrogen) atoms. The normalized spacial score (nSPS) is 11.5. The Morgan fingerprint density at radius 3 is 2.81 bits per heavy atom. The molecule has 2 N–H and O–H groups in total. The van der Waals surface area contributed by atoms with Gasteiger partial charge in [-0.25, -0.2) is 9.98 Å². The lowest BCUT2D eigenvalue weighted by atomic mass is 10.3. The second-order valence-electron chi connectivity index (χ2n) is 5.79. The number of hydrogen-bond acceptors (Lipinski definition) is 5. The van der Waals surface area contributed by atoms with E-state index < -0.39 is 0 Å². The Morgan fingerprint density at radius 1 is 1.27 bits per heavy atom. The van der Waals surface area contributed by atoms with Crippen LogP contribution in [0.5, 0.6) is 5.75 Å². The smallest absolute Gasteiger partial charge is 0.216 e. The van der Waals surface area contributed by atoms with Crippen molar-refractivity contribution < 1.29 is 13.9 Å². The summed E-state index contributed by atoms with van der Waals surface area (Å²) in [6, 6.07) is 7.78. The third kappa shape index (κ3) is 6.40. The van der Waals surface area contributed by atoms with E-state index in [-0.39, 0.29) is 0 Å². The first-order valence-electron chi connectivity index (χ1n) is 8.82. The molecule has 0 bridgehead atoms. The van der Waals surface area contributed by atoms with Gasteiger partial charge in [-0.3, -0.25) is 0 Å². The number of ether oxygens (including phenoxy) is 2. The van der Waals surface area contributed by atoms with Crippen molar-refractivity contribution in [2.45, 2.75) is 33.7 Å². The fourth-order valence-corrected chi connectivity index (χ4v) is 2.25. The van der Waals surface area contributed by atoms with Crippen molar-refractivity contribution in [2.24, 2.45) is 4.99 Å². The maximum Gasteiger partial charge on any atom is 0.216 e. The molecule has 2 rings (SSSR count). The number of oxazole rings is 1. The molecule has 0 unspecified atom stereocenters. The van der Waals surface area contributed by atoms with Crippen LogP contribution in [0.4, 0.5) is 5.69 Å². The van der Waals surface area contributed by atoms with Gasteiger partial charge in [-0.1, -0.05) is 6.07 Å². The Hall–Kier alpha value is -2.54. The number of aliphatic imine (C=N–C) groups is 1. The summed E-state index contributed by atoms with van der Waals surface area (Å²) in [6.07, 6.45) is 0.854. The summed E-state index contributed by atoms with van der Waals surface area (Å²) >= 11 is 0. The molecule has 0 aliphatic heterocycles. The van der Waals surface area contributed by atoms with Crippen molar-refractivity contribution in [1.82, 2.24) is 10.3 Å². The van der Waals surface area contributed by atoms with E-state index in [0.717, 1.165) is 35.9 Å². The van der Waals surface area contributed by atoms with Crippen LogP contribution in [0.3, 0.4) is 0 Å². The molecule has 2 aromatic rings. The molecule has 0 atom stereocenters. The van der Waals surface area contributed by atoms with Gasteiger partial charge in [0.1, 0.15) is 18.1 Å². The molecule has 1 aromatic carbocycles. The number of nitrogens with one attached hydrogen (secondary N) is 2. The number of rotatable bonds is 9. The van der Waals surface area contributed by atoms with Crippen molar-refractivity contribution in [1.29, 1.82) is 0 Å². The summed E-state index contributed by atoms with van der Waals surface area (Å²) in [5.41, 5.74) is 1.79. The topological polar surface area (TPSA) is 80.9 Å². The quantitative estimate of drug-likeness (QED) is 0.406. The summed E-state index contributed by atoms with van der Waals surface area (Å²) < 4.78 is 16.3. The molecule has 0 fully saturated rings. The predicted molar refractivity (Wildman–Crippen MR) is 103 cm³/mol. The average molecular weight is 360 g/mol. The molecule has 0 saturated carbocycles. The van der Waals surface area contributed by atoms with Crippen LogP contribution < -0.4 is 15.4 Å². The van der Waals surface area contributed by atoms with E-state index in [1.54, 1.807) is 7.11 Å². The van der Waals surface area contributed by atoms with Crippen molar-refractivity contribution in [2.75, 3.05) is 32.2 Å². The summed E-state index contributed by atoms with van der Waals surface area (Å²) in [7, 11) is 1.69. The zero-order valence-corrected chi connectivity index (χ0v) is 16.0. The van der Waals surface area contributed by atoms with E-state index in [4.69, 9.17) is 13.9 Å². The van der Waals surface area contributed by atoms with Crippen molar-refractivity contribution >= 4 is 11.6 Å². The third-order valence-corrected chi connectivity index (χ3v) is 3.65. The second-order valence-corrected chi connectivity index (χ2v) is 5.79. The van der Waals surface area contributed by atoms with E-state index in [1.807, 2.05) is 45.0 Å². The maximum atomic E-state index is 5.73. The monoisotopic (exact) mass is 360 g/mol. The van der Waals surface area contributed by atoms with Crippen LogP contribution in [0.2, 0.25) is 0 Å². The Labute approximate surface area is 154 Å². The minimum atomic E-state index is 0.372. The van der Waals surface area contributed by atoms with Crippen LogP contribution in [0.25, 0.3) is 0 Å². The van der Waals surface area contributed by atoms with Gasteiger partial charge < -0.3 is 24.5 Å². The van der Waals surface area contributed by atoms with Crippen molar-refractivity contribution in [3.63, 3.8) is 0 Å². The van der Waals surface area contributed by atoms with Gasteiger partial charge >= 0.3 is 0 Å². The van der Waals surface area contributed by atoms with Crippen LogP contribution in [-0.4, -0.2) is 37.8 Å². The fourth-order valence-electron chi connectivity index (χ4n) is 2.25. The molecule has 7 heteroatoms. The van der Waals surface area contributed by atoms with Crippen LogP contribution in [-0.2, 0) is 11.3 Å². The first-order chi connectivity index (χ1) is 12.6. The zero-order chi connectivity index (χ0) is 18.8. The van der Waals surface area contributed by atoms with Gasteiger partial charge in [-0.15, -0.1) is 0 Å². The Bertz CT molecular complexity index is 693. The number of nitrogens with zero attached hydrogens (tertiary/aromatic N) is 2. The van der Waals surface area contributed by atoms with Gasteiger partial charge in [-0.2, -0.15) is 0 Å². The van der Waals surface area contributed by atoms with Crippen molar-refractivity contribution in [3.8, 4) is 5.75 Å². The van der Waals surface area contributed by atoms with Gasteiger partial charge in [-0.05, 0) is 32.9 Å². The molecule has 0 aliphatic carbocycles. The molecule has 0 spiro atoms. The van der Waals surface area contributed by atoms with Gasteiger partial charge in [0, 0.05) is 38.4 Å². The highest BCUT2D eigenvalue weighted by atomic mass is 16.5. The minimum Gasteiger partial charge on any atom is -0.493 e. The number of aryl methyl sites for hydroxylation is 2. The first-order valence-corrected chi connectivity index (χ1v) is 8.82. The lowest BCUT2D eigenvalue weighted by molar-refractivity contribution is 0.172. The number of methoxy groups -OCH3 is 1. The molecule has 0 radical (unpaired) electrons. The Morgan fingerprint density at radius 2 is 2.12 bits per heavy atom. The predicted octanol–water partition coefficient (Wildman–Crippen LogP) is 3.28. The molecule has 0 saturated heterocycles. The minimum absolute atomic E-state index is 0.372. The molecular formula is C19H28N4O3. The molecular weight excluding hydrogens is 332 g/mol. The van der Waals surface area contributed by atoms with Gasteiger partial charge in [0.25, 0.3) is 0 Å². The van der Waals surface area contributed by atoms with E-state index >= 15 is 0 Å². The summed E-state index contributed by atoms with van der Waals surface area (Å²) in [5.74, 6) is 2.90. The molecule has 1 aromatic heterocycles. The number of benzene rings is 1. The van der Waals surface area contributed by atoms with Crippen LogP contribution in [0.15, 0.2) is 33.7 Å². The molecule has 7 nitrogen and oxygen atoms in total. The van der Waals surface area contributed by atoms with Gasteiger partial charge in [0.05, 0.1) is 12.3 Å². The second kappa shape index (κ2) is 10.5. The van der Waals surface area contributed by atoms with Crippen molar-refractivity contribution in [3.05, 3.63) is 41.6 Å². The Balaban J connectivity index is 1.98. The van der Waals surface area contributed by atoms with Gasteiger partial charge in [0.2, 0.25) is 5.89 Å². The summed E-state index contributed by atoms with van der Waals surface area (Å²) in [4.78, 5) is 8.88. The number of aromatic nitrogens is 1. The van der Waals surface area contributed by atoms with E-state index in [0.29, 0.717) is 31.6 Å². The molecule has 142 valence electrons. The third-order valence-electron chi connectivity index (χ3n) is 3.65.